The third kappa shape index (κ3) is 6.15. The summed E-state index contributed by atoms with van der Waals surface area (Å²) in [4.78, 5) is -0.0741. The normalized spacial score (nSPS) is 11.5. The van der Waals surface area contributed by atoms with Gasteiger partial charge in [0.2, 0.25) is 0 Å². The molecule has 0 aliphatic rings. The lowest BCUT2D eigenvalue weighted by Gasteiger charge is -2.20. The van der Waals surface area contributed by atoms with Gasteiger partial charge in [-0.05, 0) is 51.8 Å². The Morgan fingerprint density at radius 1 is 0.905 bits per heavy atom. The Balaban J connectivity index is 0.000000211. The molecule has 0 saturated heterocycles. The monoisotopic (exact) mass is 418 g/mol. The molecule has 0 heterocycles. The Hall–Kier alpha value is -0.920. The predicted octanol–water partition coefficient (Wildman–Crippen LogP) is 4.52. The number of benzene rings is 2. The molecule has 114 valence electrons. The Morgan fingerprint density at radius 2 is 1.38 bits per heavy atom. The minimum Gasteiger partial charge on any atom is -0.282 e. The van der Waals surface area contributed by atoms with Crippen molar-refractivity contribution in [2.24, 2.45) is 0 Å². The van der Waals surface area contributed by atoms with Gasteiger partial charge in [0, 0.05) is 3.57 Å². The number of halogens is 1. The van der Waals surface area contributed by atoms with E-state index in [2.05, 4.69) is 67.6 Å². The van der Waals surface area contributed by atoms with Crippen LogP contribution in [-0.4, -0.2) is 13.0 Å². The topological polar surface area (TPSA) is 54.4 Å². The van der Waals surface area contributed by atoms with E-state index in [4.69, 9.17) is 4.55 Å². The molecule has 5 heteroatoms. The van der Waals surface area contributed by atoms with Crippen molar-refractivity contribution in [3.05, 3.63) is 63.7 Å². The van der Waals surface area contributed by atoms with Gasteiger partial charge >= 0.3 is 0 Å². The molecule has 0 atom stereocenters. The van der Waals surface area contributed by atoms with E-state index in [1.54, 1.807) is 18.2 Å². The summed E-state index contributed by atoms with van der Waals surface area (Å²) in [6, 6.07) is 16.0. The highest BCUT2D eigenvalue weighted by Crippen LogP contribution is 2.26. The SMILES string of the molecule is CC(C)(C)c1ccccc1I.O=S(=O)(O)c1ccccc1. The summed E-state index contributed by atoms with van der Waals surface area (Å²) in [7, 11) is -4.00. The maximum atomic E-state index is 10.4. The highest BCUT2D eigenvalue weighted by atomic mass is 127. The van der Waals surface area contributed by atoms with Gasteiger partial charge in [0.25, 0.3) is 10.1 Å². The average molecular weight is 418 g/mol. The fourth-order valence-corrected chi connectivity index (χ4v) is 3.36. The van der Waals surface area contributed by atoms with E-state index in [1.165, 1.54) is 21.3 Å². The van der Waals surface area contributed by atoms with Crippen molar-refractivity contribution in [1.82, 2.24) is 0 Å². The third-order valence-electron chi connectivity index (χ3n) is 2.72. The lowest BCUT2D eigenvalue weighted by atomic mass is 9.87. The zero-order valence-electron chi connectivity index (χ0n) is 12.2. The zero-order chi connectivity index (χ0) is 16.1. The summed E-state index contributed by atoms with van der Waals surface area (Å²) in [6.07, 6.45) is 0. The summed E-state index contributed by atoms with van der Waals surface area (Å²) >= 11 is 2.39. The molecule has 2 rings (SSSR count). The van der Waals surface area contributed by atoms with E-state index < -0.39 is 10.1 Å². The van der Waals surface area contributed by atoms with Crippen molar-refractivity contribution < 1.29 is 13.0 Å². The fraction of sp³-hybridized carbons (Fsp3) is 0.250. The number of rotatable bonds is 1. The molecule has 2 aromatic rings. The summed E-state index contributed by atoms with van der Waals surface area (Å²) in [5.41, 5.74) is 1.71. The Bertz CT molecular complexity index is 674. The van der Waals surface area contributed by atoms with Crippen LogP contribution in [0.4, 0.5) is 0 Å². The van der Waals surface area contributed by atoms with Gasteiger partial charge in [0.1, 0.15) is 0 Å². The van der Waals surface area contributed by atoms with E-state index in [-0.39, 0.29) is 10.3 Å². The van der Waals surface area contributed by atoms with Crippen molar-refractivity contribution in [3.63, 3.8) is 0 Å². The molecule has 0 amide bonds. The minimum atomic E-state index is -4.00. The maximum Gasteiger partial charge on any atom is 0.294 e. The summed E-state index contributed by atoms with van der Waals surface area (Å²) < 4.78 is 30.6. The van der Waals surface area contributed by atoms with Gasteiger partial charge < -0.3 is 0 Å². The van der Waals surface area contributed by atoms with Crippen LogP contribution >= 0.6 is 22.6 Å². The summed E-state index contributed by atoms with van der Waals surface area (Å²) in [6.45, 7) is 6.72. The van der Waals surface area contributed by atoms with Crippen molar-refractivity contribution >= 4 is 32.7 Å². The van der Waals surface area contributed by atoms with E-state index in [0.29, 0.717) is 0 Å². The Morgan fingerprint density at radius 3 is 1.71 bits per heavy atom. The molecular weight excluding hydrogens is 399 g/mol. The smallest absolute Gasteiger partial charge is 0.282 e. The molecule has 0 fully saturated rings. The van der Waals surface area contributed by atoms with Crippen LogP contribution in [-0.2, 0) is 15.5 Å². The second-order valence-corrected chi connectivity index (χ2v) is 8.10. The largest absolute Gasteiger partial charge is 0.294 e. The molecule has 0 aliphatic heterocycles. The molecule has 0 unspecified atom stereocenters. The standard InChI is InChI=1S/C10H13I.C6H6O3S/c1-10(2,3)8-6-4-5-7-9(8)11;7-10(8,9)6-4-2-1-3-5-6/h4-7H,1-3H3;1-5H,(H,7,8,9). The van der Waals surface area contributed by atoms with Gasteiger partial charge in [-0.15, -0.1) is 0 Å². The highest BCUT2D eigenvalue weighted by Gasteiger charge is 2.15. The lowest BCUT2D eigenvalue weighted by Crippen LogP contribution is -2.12. The van der Waals surface area contributed by atoms with Crippen LogP contribution in [0, 0.1) is 3.57 Å². The van der Waals surface area contributed by atoms with Crippen LogP contribution in [0.3, 0.4) is 0 Å². The zero-order valence-corrected chi connectivity index (χ0v) is 15.2. The van der Waals surface area contributed by atoms with Gasteiger partial charge in [-0.3, -0.25) is 4.55 Å². The Kier molecular flexibility index (Phi) is 6.37. The molecule has 1 N–H and O–H groups in total. The first-order valence-corrected chi connectivity index (χ1v) is 8.92. The van der Waals surface area contributed by atoms with Gasteiger partial charge in [-0.25, -0.2) is 0 Å². The van der Waals surface area contributed by atoms with E-state index in [1.807, 2.05) is 0 Å². The predicted molar refractivity (Wildman–Crippen MR) is 94.1 cm³/mol. The summed E-state index contributed by atoms with van der Waals surface area (Å²) in [5, 5.41) is 0. The van der Waals surface area contributed by atoms with Gasteiger partial charge in [-0.2, -0.15) is 8.42 Å². The van der Waals surface area contributed by atoms with Gasteiger partial charge in [0.05, 0.1) is 4.90 Å². The van der Waals surface area contributed by atoms with E-state index in [9.17, 15) is 8.42 Å². The van der Waals surface area contributed by atoms with Crippen molar-refractivity contribution in [2.45, 2.75) is 31.1 Å². The lowest BCUT2D eigenvalue weighted by molar-refractivity contribution is 0.483. The summed E-state index contributed by atoms with van der Waals surface area (Å²) in [5.74, 6) is 0. The quantitative estimate of drug-likeness (QED) is 0.547. The number of hydrogen-bond acceptors (Lipinski definition) is 2. The first kappa shape index (κ1) is 18.1. The molecule has 0 bridgehead atoms. The van der Waals surface area contributed by atoms with Crippen LogP contribution in [0.2, 0.25) is 0 Å². The van der Waals surface area contributed by atoms with Crippen molar-refractivity contribution in [2.75, 3.05) is 0 Å². The second kappa shape index (κ2) is 7.38. The first-order valence-electron chi connectivity index (χ1n) is 6.40. The fourth-order valence-electron chi connectivity index (χ4n) is 1.66. The maximum absolute atomic E-state index is 10.4. The van der Waals surface area contributed by atoms with Gasteiger partial charge in [-0.1, -0.05) is 57.2 Å². The molecular formula is C16H19IO3S. The van der Waals surface area contributed by atoms with Crippen LogP contribution in [0.5, 0.6) is 0 Å². The second-order valence-electron chi connectivity index (χ2n) is 5.52. The molecule has 0 spiro atoms. The molecule has 0 aromatic heterocycles. The van der Waals surface area contributed by atoms with Crippen LogP contribution in [0.15, 0.2) is 59.5 Å². The van der Waals surface area contributed by atoms with Crippen LogP contribution in [0.1, 0.15) is 26.3 Å². The Labute approximate surface area is 140 Å². The van der Waals surface area contributed by atoms with Crippen molar-refractivity contribution in [3.8, 4) is 0 Å². The molecule has 0 radical (unpaired) electrons. The molecule has 2 aromatic carbocycles. The van der Waals surface area contributed by atoms with Crippen LogP contribution in [0.25, 0.3) is 0 Å². The average Bonchev–Trinajstić information content (AvgIpc) is 2.39. The van der Waals surface area contributed by atoms with E-state index >= 15 is 0 Å². The third-order valence-corrected chi connectivity index (χ3v) is 4.53. The van der Waals surface area contributed by atoms with Gasteiger partial charge in [0.15, 0.2) is 0 Å². The first-order chi connectivity index (χ1) is 9.62. The highest BCUT2D eigenvalue weighted by molar-refractivity contribution is 14.1. The number of hydrogen-bond donors (Lipinski definition) is 1. The van der Waals surface area contributed by atoms with Crippen molar-refractivity contribution in [1.29, 1.82) is 0 Å². The van der Waals surface area contributed by atoms with Crippen LogP contribution < -0.4 is 0 Å². The molecule has 21 heavy (non-hydrogen) atoms. The minimum absolute atomic E-state index is 0.0741. The molecule has 3 nitrogen and oxygen atoms in total. The molecule has 0 aliphatic carbocycles. The molecule has 0 saturated carbocycles. The van der Waals surface area contributed by atoms with E-state index in [0.717, 1.165) is 0 Å².